The Kier molecular flexibility index (Phi) is 7.30. The second-order valence-corrected chi connectivity index (χ2v) is 6.22. The van der Waals surface area contributed by atoms with E-state index in [4.69, 9.17) is 32.7 Å². The van der Waals surface area contributed by atoms with Gasteiger partial charge in [0, 0.05) is 10.7 Å². The van der Waals surface area contributed by atoms with E-state index in [9.17, 15) is 9.59 Å². The SMILES string of the molecule is CCOC(=O)c1ccc(NC(=O)[C@H](CC)Oc2cccc(Cl)c2)cc1Cl. The third-order valence-electron chi connectivity index (χ3n) is 3.47. The third-order valence-corrected chi connectivity index (χ3v) is 4.02. The lowest BCUT2D eigenvalue weighted by Gasteiger charge is -2.17. The normalized spacial score (nSPS) is 11.5. The lowest BCUT2D eigenvalue weighted by molar-refractivity contribution is -0.122. The van der Waals surface area contributed by atoms with E-state index in [1.54, 1.807) is 37.3 Å². The minimum Gasteiger partial charge on any atom is -0.481 e. The highest BCUT2D eigenvalue weighted by Gasteiger charge is 2.20. The van der Waals surface area contributed by atoms with E-state index in [-0.39, 0.29) is 23.1 Å². The average molecular weight is 396 g/mol. The number of amides is 1. The molecule has 1 N–H and O–H groups in total. The molecule has 0 radical (unpaired) electrons. The predicted molar refractivity (Wildman–Crippen MR) is 102 cm³/mol. The second-order valence-electron chi connectivity index (χ2n) is 5.38. The molecule has 0 fully saturated rings. The van der Waals surface area contributed by atoms with Gasteiger partial charge in [0.05, 0.1) is 17.2 Å². The molecule has 0 aliphatic rings. The van der Waals surface area contributed by atoms with E-state index in [0.717, 1.165) is 0 Å². The number of rotatable bonds is 7. The summed E-state index contributed by atoms with van der Waals surface area (Å²) in [6, 6.07) is 11.4. The number of hydrogen-bond donors (Lipinski definition) is 1. The Morgan fingerprint density at radius 2 is 1.88 bits per heavy atom. The van der Waals surface area contributed by atoms with Crippen molar-refractivity contribution in [1.82, 2.24) is 0 Å². The van der Waals surface area contributed by atoms with Crippen LogP contribution in [0, 0.1) is 0 Å². The molecule has 0 spiro atoms. The molecule has 0 aromatic heterocycles. The molecule has 0 aliphatic heterocycles. The van der Waals surface area contributed by atoms with Crippen LogP contribution < -0.4 is 10.1 Å². The standard InChI is InChI=1S/C19H19Cl2NO4/c1-3-17(26-14-7-5-6-12(20)10-14)18(23)22-13-8-9-15(16(21)11-13)19(24)25-4-2/h5-11,17H,3-4H2,1-2H3,(H,22,23)/t17-/m0/s1. The van der Waals surface area contributed by atoms with Gasteiger partial charge in [-0.25, -0.2) is 4.79 Å². The van der Waals surface area contributed by atoms with Crippen LogP contribution in [-0.4, -0.2) is 24.6 Å². The van der Waals surface area contributed by atoms with Gasteiger partial charge in [0.2, 0.25) is 0 Å². The second kappa shape index (κ2) is 9.46. The lowest BCUT2D eigenvalue weighted by atomic mass is 10.2. The number of hydrogen-bond acceptors (Lipinski definition) is 4. The smallest absolute Gasteiger partial charge is 0.339 e. The van der Waals surface area contributed by atoms with E-state index in [1.165, 1.54) is 12.1 Å². The Hall–Kier alpha value is -2.24. The first kappa shape index (κ1) is 20.1. The number of nitrogens with one attached hydrogen (secondary N) is 1. The number of anilines is 1. The molecule has 138 valence electrons. The van der Waals surface area contributed by atoms with Crippen LogP contribution in [0.3, 0.4) is 0 Å². The fourth-order valence-electron chi connectivity index (χ4n) is 2.22. The van der Waals surface area contributed by atoms with Gasteiger partial charge in [-0.2, -0.15) is 0 Å². The average Bonchev–Trinajstić information content (AvgIpc) is 2.60. The minimum atomic E-state index is -0.697. The molecule has 7 heteroatoms. The Labute approximate surface area is 162 Å². The van der Waals surface area contributed by atoms with Crippen molar-refractivity contribution in [3.63, 3.8) is 0 Å². The highest BCUT2D eigenvalue weighted by molar-refractivity contribution is 6.34. The molecule has 0 heterocycles. The van der Waals surface area contributed by atoms with E-state index in [2.05, 4.69) is 5.32 Å². The number of esters is 1. The van der Waals surface area contributed by atoms with Gasteiger partial charge < -0.3 is 14.8 Å². The first-order valence-corrected chi connectivity index (χ1v) is 8.90. The lowest BCUT2D eigenvalue weighted by Crippen LogP contribution is -2.32. The van der Waals surface area contributed by atoms with Crippen molar-refractivity contribution in [3.8, 4) is 5.75 Å². The topological polar surface area (TPSA) is 64.6 Å². The fraction of sp³-hybridized carbons (Fsp3) is 0.263. The summed E-state index contributed by atoms with van der Waals surface area (Å²) in [5.74, 6) is -0.325. The maximum Gasteiger partial charge on any atom is 0.339 e. The van der Waals surface area contributed by atoms with Crippen LogP contribution in [0.15, 0.2) is 42.5 Å². The van der Waals surface area contributed by atoms with Crippen molar-refractivity contribution < 1.29 is 19.1 Å². The zero-order chi connectivity index (χ0) is 19.1. The Morgan fingerprint density at radius 1 is 1.12 bits per heavy atom. The quantitative estimate of drug-likeness (QED) is 0.672. The largest absolute Gasteiger partial charge is 0.481 e. The number of ether oxygens (including phenoxy) is 2. The Balaban J connectivity index is 2.07. The predicted octanol–water partition coefficient (Wildman–Crippen LogP) is 4.97. The summed E-state index contributed by atoms with van der Waals surface area (Å²) >= 11 is 12.0. The van der Waals surface area contributed by atoms with Gasteiger partial charge in [0.1, 0.15) is 5.75 Å². The van der Waals surface area contributed by atoms with Crippen LogP contribution in [0.25, 0.3) is 0 Å². The fourth-order valence-corrected chi connectivity index (χ4v) is 2.65. The molecule has 2 aromatic rings. The van der Waals surface area contributed by atoms with Crippen molar-refractivity contribution in [2.45, 2.75) is 26.4 Å². The molecule has 1 amide bonds. The first-order valence-electron chi connectivity index (χ1n) is 8.14. The molecule has 26 heavy (non-hydrogen) atoms. The van der Waals surface area contributed by atoms with Crippen molar-refractivity contribution in [2.24, 2.45) is 0 Å². The summed E-state index contributed by atoms with van der Waals surface area (Å²) in [4.78, 5) is 24.2. The van der Waals surface area contributed by atoms with Crippen molar-refractivity contribution in [2.75, 3.05) is 11.9 Å². The van der Waals surface area contributed by atoms with Crippen LogP contribution >= 0.6 is 23.2 Å². The molecule has 0 saturated heterocycles. The van der Waals surface area contributed by atoms with Crippen molar-refractivity contribution >= 4 is 40.8 Å². The van der Waals surface area contributed by atoms with Crippen LogP contribution in [0.4, 0.5) is 5.69 Å². The van der Waals surface area contributed by atoms with Crippen molar-refractivity contribution in [1.29, 1.82) is 0 Å². The molecular formula is C19H19Cl2NO4. The zero-order valence-electron chi connectivity index (χ0n) is 14.4. The number of carbonyl (C=O) groups excluding carboxylic acids is 2. The monoisotopic (exact) mass is 395 g/mol. The van der Waals surface area contributed by atoms with Crippen molar-refractivity contribution in [3.05, 3.63) is 58.1 Å². The number of halogens is 2. The number of carbonyl (C=O) groups is 2. The Bertz CT molecular complexity index is 795. The first-order chi connectivity index (χ1) is 12.4. The highest BCUT2D eigenvalue weighted by atomic mass is 35.5. The maximum atomic E-state index is 12.5. The van der Waals surface area contributed by atoms with E-state index in [1.807, 2.05) is 6.92 Å². The van der Waals surface area contributed by atoms with Gasteiger partial charge in [0.15, 0.2) is 6.10 Å². The minimum absolute atomic E-state index is 0.199. The molecule has 0 saturated carbocycles. The van der Waals surface area contributed by atoms with E-state index >= 15 is 0 Å². The maximum absolute atomic E-state index is 12.5. The summed E-state index contributed by atoms with van der Waals surface area (Å²) in [6.07, 6.45) is -0.232. The summed E-state index contributed by atoms with van der Waals surface area (Å²) in [5.41, 5.74) is 0.704. The summed E-state index contributed by atoms with van der Waals surface area (Å²) in [7, 11) is 0. The molecule has 0 unspecified atom stereocenters. The molecule has 0 aliphatic carbocycles. The van der Waals surface area contributed by atoms with Gasteiger partial charge in [-0.3, -0.25) is 4.79 Å². The molecular weight excluding hydrogens is 377 g/mol. The van der Waals surface area contributed by atoms with Gasteiger partial charge in [0.25, 0.3) is 5.91 Å². The summed E-state index contributed by atoms with van der Waals surface area (Å²) < 4.78 is 10.6. The third kappa shape index (κ3) is 5.38. The van der Waals surface area contributed by atoms with Gasteiger partial charge in [-0.05, 0) is 49.7 Å². The van der Waals surface area contributed by atoms with Gasteiger partial charge in [-0.15, -0.1) is 0 Å². The zero-order valence-corrected chi connectivity index (χ0v) is 15.9. The van der Waals surface area contributed by atoms with Crippen LogP contribution in [-0.2, 0) is 9.53 Å². The molecule has 5 nitrogen and oxygen atoms in total. The molecule has 2 aromatic carbocycles. The van der Waals surface area contributed by atoms with E-state index in [0.29, 0.717) is 22.9 Å². The van der Waals surface area contributed by atoms with Gasteiger partial charge in [-0.1, -0.05) is 36.2 Å². The van der Waals surface area contributed by atoms with Crippen LogP contribution in [0.2, 0.25) is 10.0 Å². The summed E-state index contributed by atoms with van der Waals surface area (Å²) in [6.45, 7) is 3.81. The van der Waals surface area contributed by atoms with Gasteiger partial charge >= 0.3 is 5.97 Å². The molecule has 1 atom stereocenters. The summed E-state index contributed by atoms with van der Waals surface area (Å²) in [5, 5.41) is 3.46. The molecule has 0 bridgehead atoms. The molecule has 2 rings (SSSR count). The Morgan fingerprint density at radius 3 is 2.50 bits per heavy atom. The van der Waals surface area contributed by atoms with Crippen LogP contribution in [0.5, 0.6) is 5.75 Å². The number of benzene rings is 2. The highest BCUT2D eigenvalue weighted by Crippen LogP contribution is 2.23. The van der Waals surface area contributed by atoms with Crippen LogP contribution in [0.1, 0.15) is 30.6 Å². The van der Waals surface area contributed by atoms with E-state index < -0.39 is 12.1 Å².